The van der Waals surface area contributed by atoms with Crippen molar-refractivity contribution in [2.24, 2.45) is 5.92 Å². The van der Waals surface area contributed by atoms with E-state index in [4.69, 9.17) is 4.74 Å². The van der Waals surface area contributed by atoms with Gasteiger partial charge in [0.05, 0.1) is 5.60 Å². The maximum atomic E-state index is 11.3. The Labute approximate surface area is 92.8 Å². The molecule has 3 nitrogen and oxygen atoms in total. The van der Waals surface area contributed by atoms with Crippen molar-refractivity contribution < 1.29 is 9.53 Å². The van der Waals surface area contributed by atoms with Crippen molar-refractivity contribution in [1.29, 1.82) is 0 Å². The van der Waals surface area contributed by atoms with Crippen LogP contribution in [0.1, 0.15) is 40.0 Å². The molecular formula is C12H23NO2. The monoisotopic (exact) mass is 213 g/mol. The highest BCUT2D eigenvalue weighted by molar-refractivity contribution is 5.73. The molecule has 0 bridgehead atoms. The van der Waals surface area contributed by atoms with Crippen LogP contribution in [0.25, 0.3) is 0 Å². The normalized spacial score (nSPS) is 26.3. The van der Waals surface area contributed by atoms with E-state index in [2.05, 4.69) is 13.8 Å². The summed E-state index contributed by atoms with van der Waals surface area (Å²) in [7, 11) is 1.78. The first kappa shape index (κ1) is 12.5. The van der Waals surface area contributed by atoms with Crippen LogP contribution in [-0.2, 0) is 9.53 Å². The Morgan fingerprint density at radius 1 is 1.47 bits per heavy atom. The number of nitrogens with zero attached hydrogens (tertiary/aromatic N) is 1. The molecule has 0 aliphatic carbocycles. The fraction of sp³-hybridized carbons (Fsp3) is 0.917. The Kier molecular flexibility index (Phi) is 4.14. The van der Waals surface area contributed by atoms with Crippen LogP contribution >= 0.6 is 0 Å². The Morgan fingerprint density at radius 3 is 2.40 bits per heavy atom. The number of methoxy groups -OCH3 is 1. The van der Waals surface area contributed by atoms with Gasteiger partial charge in [-0.1, -0.05) is 26.7 Å². The molecule has 1 fully saturated rings. The molecule has 15 heavy (non-hydrogen) atoms. The SMILES string of the molecule is CCC(CC)C1(OC)CCN(C(C)=O)C1. The molecule has 1 aliphatic rings. The predicted octanol–water partition coefficient (Wildman–Crippen LogP) is 2.06. The molecule has 0 aromatic rings. The highest BCUT2D eigenvalue weighted by Gasteiger charge is 2.43. The standard InChI is InChI=1S/C12H23NO2/c1-5-11(6-2)12(15-4)7-8-13(9-12)10(3)14/h11H,5-9H2,1-4H3. The van der Waals surface area contributed by atoms with E-state index >= 15 is 0 Å². The zero-order chi connectivity index (χ0) is 11.5. The molecule has 88 valence electrons. The summed E-state index contributed by atoms with van der Waals surface area (Å²) in [6.07, 6.45) is 3.22. The first-order chi connectivity index (χ1) is 7.09. The largest absolute Gasteiger partial charge is 0.376 e. The third kappa shape index (κ3) is 2.33. The number of ether oxygens (including phenoxy) is 1. The van der Waals surface area contributed by atoms with E-state index in [1.807, 2.05) is 4.90 Å². The summed E-state index contributed by atoms with van der Waals surface area (Å²) >= 11 is 0. The Hall–Kier alpha value is -0.570. The molecular weight excluding hydrogens is 190 g/mol. The average Bonchev–Trinajstić information content (AvgIpc) is 2.65. The maximum absolute atomic E-state index is 11.3. The van der Waals surface area contributed by atoms with Crippen molar-refractivity contribution in [1.82, 2.24) is 4.90 Å². The van der Waals surface area contributed by atoms with Crippen molar-refractivity contribution in [2.45, 2.75) is 45.6 Å². The van der Waals surface area contributed by atoms with E-state index in [0.29, 0.717) is 5.92 Å². The van der Waals surface area contributed by atoms with Gasteiger partial charge in [0.15, 0.2) is 0 Å². The molecule has 1 aliphatic heterocycles. The van der Waals surface area contributed by atoms with Gasteiger partial charge in [-0.2, -0.15) is 0 Å². The van der Waals surface area contributed by atoms with Crippen LogP contribution in [0.15, 0.2) is 0 Å². The van der Waals surface area contributed by atoms with Crippen LogP contribution < -0.4 is 0 Å². The molecule has 1 saturated heterocycles. The molecule has 0 aromatic heterocycles. The van der Waals surface area contributed by atoms with Gasteiger partial charge in [0.2, 0.25) is 5.91 Å². The van der Waals surface area contributed by atoms with Crippen LogP contribution in [0, 0.1) is 5.92 Å². The van der Waals surface area contributed by atoms with Crippen molar-refractivity contribution in [3.05, 3.63) is 0 Å². The second-order valence-corrected chi connectivity index (χ2v) is 4.47. The second-order valence-electron chi connectivity index (χ2n) is 4.47. The maximum Gasteiger partial charge on any atom is 0.219 e. The number of hydrogen-bond donors (Lipinski definition) is 0. The van der Waals surface area contributed by atoms with Crippen LogP contribution in [0.4, 0.5) is 0 Å². The lowest BCUT2D eigenvalue weighted by Gasteiger charge is -2.35. The molecule has 0 spiro atoms. The molecule has 1 amide bonds. The smallest absolute Gasteiger partial charge is 0.219 e. The van der Waals surface area contributed by atoms with Gasteiger partial charge in [0.25, 0.3) is 0 Å². The molecule has 1 atom stereocenters. The van der Waals surface area contributed by atoms with Crippen LogP contribution in [0.2, 0.25) is 0 Å². The first-order valence-electron chi connectivity index (χ1n) is 5.90. The predicted molar refractivity (Wildman–Crippen MR) is 60.7 cm³/mol. The van der Waals surface area contributed by atoms with Gasteiger partial charge in [0.1, 0.15) is 0 Å². The van der Waals surface area contributed by atoms with Gasteiger partial charge >= 0.3 is 0 Å². The molecule has 1 rings (SSSR count). The zero-order valence-electron chi connectivity index (χ0n) is 10.4. The second kappa shape index (κ2) is 4.97. The molecule has 1 unspecified atom stereocenters. The van der Waals surface area contributed by atoms with Crippen LogP contribution in [0.5, 0.6) is 0 Å². The highest BCUT2D eigenvalue weighted by Crippen LogP contribution is 2.36. The number of likely N-dealkylation sites (tertiary alicyclic amines) is 1. The number of amides is 1. The van der Waals surface area contributed by atoms with Crippen molar-refractivity contribution in [3.8, 4) is 0 Å². The topological polar surface area (TPSA) is 29.5 Å². The lowest BCUT2D eigenvalue weighted by Crippen LogP contribution is -2.43. The molecule has 0 saturated carbocycles. The summed E-state index contributed by atoms with van der Waals surface area (Å²) in [4.78, 5) is 13.2. The zero-order valence-corrected chi connectivity index (χ0v) is 10.4. The van der Waals surface area contributed by atoms with E-state index in [1.54, 1.807) is 14.0 Å². The summed E-state index contributed by atoms with van der Waals surface area (Å²) in [5.74, 6) is 0.728. The summed E-state index contributed by atoms with van der Waals surface area (Å²) in [6.45, 7) is 7.65. The summed E-state index contributed by atoms with van der Waals surface area (Å²) in [5.41, 5.74) is -0.0881. The Bertz CT molecular complexity index is 226. The van der Waals surface area contributed by atoms with Gasteiger partial charge in [-0.05, 0) is 12.3 Å². The minimum atomic E-state index is -0.0881. The summed E-state index contributed by atoms with van der Waals surface area (Å²) in [6, 6.07) is 0. The van der Waals surface area contributed by atoms with E-state index in [0.717, 1.165) is 32.4 Å². The third-order valence-electron chi connectivity index (χ3n) is 3.84. The fourth-order valence-electron chi connectivity index (χ4n) is 2.77. The van der Waals surface area contributed by atoms with Gasteiger partial charge in [-0.25, -0.2) is 0 Å². The molecule has 3 heteroatoms. The van der Waals surface area contributed by atoms with E-state index in [9.17, 15) is 4.79 Å². The molecule has 0 radical (unpaired) electrons. The summed E-state index contributed by atoms with van der Waals surface area (Å²) in [5, 5.41) is 0. The highest BCUT2D eigenvalue weighted by atomic mass is 16.5. The average molecular weight is 213 g/mol. The minimum absolute atomic E-state index is 0.0881. The molecule has 0 aromatic carbocycles. The minimum Gasteiger partial charge on any atom is -0.376 e. The number of carbonyl (C=O) groups excluding carboxylic acids is 1. The summed E-state index contributed by atoms with van der Waals surface area (Å²) < 4.78 is 5.73. The van der Waals surface area contributed by atoms with Crippen molar-refractivity contribution in [2.75, 3.05) is 20.2 Å². The van der Waals surface area contributed by atoms with Crippen LogP contribution in [0.3, 0.4) is 0 Å². The molecule has 1 heterocycles. The quantitative estimate of drug-likeness (QED) is 0.715. The van der Waals surface area contributed by atoms with Gasteiger partial charge < -0.3 is 9.64 Å². The van der Waals surface area contributed by atoms with E-state index in [-0.39, 0.29) is 11.5 Å². The van der Waals surface area contributed by atoms with E-state index < -0.39 is 0 Å². The lowest BCUT2D eigenvalue weighted by molar-refractivity contribution is -0.130. The van der Waals surface area contributed by atoms with Gasteiger partial charge in [0, 0.05) is 27.1 Å². The van der Waals surface area contributed by atoms with Crippen molar-refractivity contribution in [3.63, 3.8) is 0 Å². The Balaban J connectivity index is 2.75. The van der Waals surface area contributed by atoms with Crippen LogP contribution in [-0.4, -0.2) is 36.6 Å². The van der Waals surface area contributed by atoms with Crippen molar-refractivity contribution >= 4 is 5.91 Å². The third-order valence-corrected chi connectivity index (χ3v) is 3.84. The van der Waals surface area contributed by atoms with Gasteiger partial charge in [-0.15, -0.1) is 0 Å². The fourth-order valence-corrected chi connectivity index (χ4v) is 2.77. The Morgan fingerprint density at radius 2 is 2.07 bits per heavy atom. The first-order valence-corrected chi connectivity index (χ1v) is 5.90. The number of rotatable bonds is 4. The van der Waals surface area contributed by atoms with Gasteiger partial charge in [-0.3, -0.25) is 4.79 Å². The van der Waals surface area contributed by atoms with E-state index in [1.165, 1.54) is 0 Å². The number of hydrogen-bond acceptors (Lipinski definition) is 2. The lowest BCUT2D eigenvalue weighted by atomic mass is 9.82. The number of carbonyl (C=O) groups is 1. The molecule has 0 N–H and O–H groups in total.